The molecule has 0 saturated carbocycles. The molecule has 0 aliphatic heterocycles. The molecule has 0 radical (unpaired) electrons. The van der Waals surface area contributed by atoms with E-state index >= 15 is 0 Å². The number of hydrogen-bond acceptors (Lipinski definition) is 3. The fraction of sp³-hybridized carbons (Fsp3) is 0.375. The predicted octanol–water partition coefficient (Wildman–Crippen LogP) is 1.65. The van der Waals surface area contributed by atoms with Crippen LogP contribution in [0.3, 0.4) is 0 Å². The highest BCUT2D eigenvalue weighted by Gasteiger charge is 2.12. The van der Waals surface area contributed by atoms with E-state index in [4.69, 9.17) is 15.1 Å². The zero-order valence-corrected chi connectivity index (χ0v) is 6.29. The molecule has 0 aromatic rings. The van der Waals surface area contributed by atoms with Crippen LogP contribution in [0.5, 0.6) is 0 Å². The second-order valence-electron chi connectivity index (χ2n) is 2.29. The van der Waals surface area contributed by atoms with Gasteiger partial charge in [0.25, 0.3) is 0 Å². The van der Waals surface area contributed by atoms with Crippen molar-refractivity contribution >= 4 is 0 Å². The van der Waals surface area contributed by atoms with Crippen LogP contribution in [0.25, 0.3) is 0 Å². The average molecular weight is 151 g/mol. The number of hydrogen-bond donors (Lipinski definition) is 1. The Morgan fingerprint density at radius 1 is 1.64 bits per heavy atom. The third kappa shape index (κ3) is 1.53. The fourth-order valence-electron chi connectivity index (χ4n) is 0.980. The number of nitrogens with zero attached hydrogens (tertiary/aromatic N) is 1. The quantitative estimate of drug-likeness (QED) is 0.619. The molecule has 1 aliphatic rings. The molecule has 3 heteroatoms. The van der Waals surface area contributed by atoms with Crippen LogP contribution in [0, 0.1) is 11.3 Å². The first-order valence-electron chi connectivity index (χ1n) is 3.34. The number of nitriles is 1. The molecule has 58 valence electrons. The van der Waals surface area contributed by atoms with Gasteiger partial charge in [0.1, 0.15) is 5.76 Å². The summed E-state index contributed by atoms with van der Waals surface area (Å²) in [6, 6.07) is 2.02. The molecule has 0 aromatic carbocycles. The van der Waals surface area contributed by atoms with Gasteiger partial charge in [0.15, 0.2) is 0 Å². The van der Waals surface area contributed by atoms with Crippen LogP contribution in [0.15, 0.2) is 23.2 Å². The molecule has 11 heavy (non-hydrogen) atoms. The Morgan fingerprint density at radius 3 is 2.91 bits per heavy atom. The van der Waals surface area contributed by atoms with E-state index in [1.54, 1.807) is 0 Å². The molecule has 0 bridgehead atoms. The van der Waals surface area contributed by atoms with E-state index in [2.05, 4.69) is 0 Å². The molecule has 0 unspecified atom stereocenters. The topological polar surface area (TPSA) is 53.2 Å². The molecule has 0 fully saturated rings. The van der Waals surface area contributed by atoms with Gasteiger partial charge in [0.2, 0.25) is 0 Å². The summed E-state index contributed by atoms with van der Waals surface area (Å²) in [6.45, 7) is 0. The van der Waals surface area contributed by atoms with Gasteiger partial charge < -0.3 is 9.84 Å². The first-order chi connectivity index (χ1) is 5.27. The van der Waals surface area contributed by atoms with Crippen molar-refractivity contribution in [1.82, 2.24) is 0 Å². The van der Waals surface area contributed by atoms with Gasteiger partial charge in [-0.15, -0.1) is 0 Å². The third-order valence-electron chi connectivity index (χ3n) is 1.58. The van der Waals surface area contributed by atoms with Crippen LogP contribution >= 0.6 is 0 Å². The maximum absolute atomic E-state index is 9.06. The smallest absolute Gasteiger partial charge is 0.135 e. The number of ether oxygens (including phenoxy) is 1. The number of aliphatic hydroxyl groups excluding tert-OH is 1. The fourth-order valence-corrected chi connectivity index (χ4v) is 0.980. The van der Waals surface area contributed by atoms with Crippen LogP contribution in [0.2, 0.25) is 0 Å². The maximum atomic E-state index is 9.06. The Bertz CT molecular complexity index is 258. The Kier molecular flexibility index (Phi) is 2.17. The number of rotatable bonds is 1. The van der Waals surface area contributed by atoms with Gasteiger partial charge in [-0.05, 0) is 6.42 Å². The van der Waals surface area contributed by atoms with E-state index in [1.807, 2.05) is 6.07 Å². The van der Waals surface area contributed by atoms with Crippen molar-refractivity contribution in [1.29, 1.82) is 5.26 Å². The third-order valence-corrected chi connectivity index (χ3v) is 1.58. The van der Waals surface area contributed by atoms with Crippen molar-refractivity contribution in [2.45, 2.75) is 12.8 Å². The first-order valence-corrected chi connectivity index (χ1v) is 3.34. The van der Waals surface area contributed by atoms with Crippen molar-refractivity contribution in [2.24, 2.45) is 0 Å². The van der Waals surface area contributed by atoms with E-state index in [9.17, 15) is 0 Å². The van der Waals surface area contributed by atoms with Gasteiger partial charge in [0.05, 0.1) is 24.5 Å². The minimum absolute atomic E-state index is 0.279. The highest BCUT2D eigenvalue weighted by Crippen LogP contribution is 2.21. The van der Waals surface area contributed by atoms with Crippen molar-refractivity contribution in [2.75, 3.05) is 7.11 Å². The Hall–Kier alpha value is -1.43. The van der Waals surface area contributed by atoms with Crippen LogP contribution in [-0.2, 0) is 4.74 Å². The molecule has 0 heterocycles. The van der Waals surface area contributed by atoms with Gasteiger partial charge in [-0.25, -0.2) is 0 Å². The van der Waals surface area contributed by atoms with E-state index in [-0.39, 0.29) is 5.76 Å². The maximum Gasteiger partial charge on any atom is 0.135 e. The van der Waals surface area contributed by atoms with E-state index < -0.39 is 0 Å². The van der Waals surface area contributed by atoms with Gasteiger partial charge in [-0.1, -0.05) is 0 Å². The molecule has 0 saturated heterocycles. The van der Waals surface area contributed by atoms with Gasteiger partial charge >= 0.3 is 0 Å². The molecule has 1 N–H and O–H groups in total. The SMILES string of the molecule is COC1=C(C#N)CCC(O)=C1. The highest BCUT2D eigenvalue weighted by molar-refractivity contribution is 5.35. The lowest BCUT2D eigenvalue weighted by Crippen LogP contribution is -1.99. The lowest BCUT2D eigenvalue weighted by atomic mass is 10.0. The number of allylic oxidation sites excluding steroid dienone is 3. The zero-order chi connectivity index (χ0) is 8.27. The molecule has 0 aromatic heterocycles. The minimum atomic E-state index is 0.279. The summed E-state index contributed by atoms with van der Waals surface area (Å²) in [6.07, 6.45) is 2.60. The molecular formula is C8H9NO2. The van der Waals surface area contributed by atoms with Crippen LogP contribution in [0.1, 0.15) is 12.8 Å². The lowest BCUT2D eigenvalue weighted by Gasteiger charge is -2.10. The summed E-state index contributed by atoms with van der Waals surface area (Å²) in [7, 11) is 1.49. The van der Waals surface area contributed by atoms with Crippen LogP contribution in [-0.4, -0.2) is 12.2 Å². The highest BCUT2D eigenvalue weighted by atomic mass is 16.5. The first kappa shape index (κ1) is 7.67. The summed E-state index contributed by atoms with van der Waals surface area (Å²) in [5.41, 5.74) is 0.602. The van der Waals surface area contributed by atoms with Crippen molar-refractivity contribution in [3.63, 3.8) is 0 Å². The minimum Gasteiger partial charge on any atom is -0.512 e. The molecule has 1 aliphatic carbocycles. The number of aliphatic hydroxyl groups is 1. The largest absolute Gasteiger partial charge is 0.512 e. The van der Waals surface area contributed by atoms with E-state index in [1.165, 1.54) is 13.2 Å². The van der Waals surface area contributed by atoms with Crippen molar-refractivity contribution in [3.8, 4) is 6.07 Å². The molecule has 0 atom stereocenters. The molecule has 1 rings (SSSR count). The monoisotopic (exact) mass is 151 g/mol. The van der Waals surface area contributed by atoms with E-state index in [0.29, 0.717) is 24.2 Å². The second kappa shape index (κ2) is 3.11. The standard InChI is InChI=1S/C8H9NO2/c1-11-8-4-7(10)3-2-6(8)5-9/h4,10H,2-3H2,1H3. The zero-order valence-electron chi connectivity index (χ0n) is 6.29. The summed E-state index contributed by atoms with van der Waals surface area (Å²) in [5, 5.41) is 17.6. The Morgan fingerprint density at radius 2 is 2.36 bits per heavy atom. The van der Waals surface area contributed by atoms with Crippen molar-refractivity contribution in [3.05, 3.63) is 23.2 Å². The van der Waals surface area contributed by atoms with Gasteiger partial charge in [-0.3, -0.25) is 0 Å². The summed E-state index contributed by atoms with van der Waals surface area (Å²) in [4.78, 5) is 0. The normalized spacial score (nSPS) is 17.3. The Labute approximate surface area is 65.2 Å². The second-order valence-corrected chi connectivity index (χ2v) is 2.29. The van der Waals surface area contributed by atoms with Crippen LogP contribution in [0.4, 0.5) is 0 Å². The summed E-state index contributed by atoms with van der Waals surface area (Å²) in [5.74, 6) is 0.761. The average Bonchev–Trinajstić information content (AvgIpc) is 2.04. The lowest BCUT2D eigenvalue weighted by molar-refractivity contribution is 0.289. The molecule has 0 spiro atoms. The number of methoxy groups -OCH3 is 1. The summed E-state index contributed by atoms with van der Waals surface area (Å²) >= 11 is 0. The van der Waals surface area contributed by atoms with Crippen molar-refractivity contribution < 1.29 is 9.84 Å². The molecule has 3 nitrogen and oxygen atoms in total. The Balaban J connectivity index is 2.95. The molecule has 0 amide bonds. The van der Waals surface area contributed by atoms with Crippen LogP contribution < -0.4 is 0 Å². The van der Waals surface area contributed by atoms with Gasteiger partial charge in [-0.2, -0.15) is 5.26 Å². The molecular weight excluding hydrogens is 142 g/mol. The van der Waals surface area contributed by atoms with E-state index in [0.717, 1.165) is 0 Å². The summed E-state index contributed by atoms with van der Waals surface area (Å²) < 4.78 is 4.89. The van der Waals surface area contributed by atoms with Gasteiger partial charge in [0, 0.05) is 12.5 Å². The predicted molar refractivity (Wildman–Crippen MR) is 39.6 cm³/mol.